The number of halogens is 2. The Hall–Kier alpha value is -3.67. The maximum atomic E-state index is 14.1. The van der Waals surface area contributed by atoms with Crippen molar-refractivity contribution in [1.82, 2.24) is 24.4 Å². The van der Waals surface area contributed by atoms with Gasteiger partial charge in [0, 0.05) is 57.5 Å². The van der Waals surface area contributed by atoms with Crippen molar-refractivity contribution >= 4 is 34.5 Å². The van der Waals surface area contributed by atoms with E-state index in [2.05, 4.69) is 15.3 Å². The van der Waals surface area contributed by atoms with E-state index in [0.29, 0.717) is 74.3 Å². The zero-order valence-electron chi connectivity index (χ0n) is 21.7. The van der Waals surface area contributed by atoms with Crippen LogP contribution in [0.4, 0.5) is 20.5 Å². The molecule has 1 amide bonds. The predicted octanol–water partition coefficient (Wildman–Crippen LogP) is 3.22. The number of ketones is 1. The molecule has 10 nitrogen and oxygen atoms in total. The number of amides is 1. The molecule has 1 aliphatic carbocycles. The number of Topliss-reactive ketones (excluding diaryl/α,β-unsaturated/α-hetero) is 1. The minimum absolute atomic E-state index is 0.0258. The van der Waals surface area contributed by atoms with Crippen LogP contribution in [0.15, 0.2) is 30.3 Å². The van der Waals surface area contributed by atoms with Crippen molar-refractivity contribution in [1.29, 1.82) is 0 Å². The number of likely N-dealkylation sites (tertiary alicyclic amines) is 1. The lowest BCUT2D eigenvalue weighted by molar-refractivity contribution is -0.128. The van der Waals surface area contributed by atoms with Crippen molar-refractivity contribution in [2.24, 2.45) is 11.8 Å². The van der Waals surface area contributed by atoms with Gasteiger partial charge in [-0.15, -0.1) is 0 Å². The van der Waals surface area contributed by atoms with Crippen molar-refractivity contribution < 1.29 is 23.1 Å². The van der Waals surface area contributed by atoms with E-state index < -0.39 is 6.43 Å². The molecule has 12 heteroatoms. The fourth-order valence-corrected chi connectivity index (χ4v) is 5.71. The molecule has 2 aromatic heterocycles. The highest BCUT2D eigenvalue weighted by Crippen LogP contribution is 2.35. The average molecular weight is 540 g/mol. The summed E-state index contributed by atoms with van der Waals surface area (Å²) < 4.78 is 35.0. The number of anilines is 2. The first-order valence-electron chi connectivity index (χ1n) is 13.4. The van der Waals surface area contributed by atoms with Gasteiger partial charge in [0.2, 0.25) is 11.9 Å². The largest absolute Gasteiger partial charge is 0.378 e. The Morgan fingerprint density at radius 3 is 2.64 bits per heavy atom. The summed E-state index contributed by atoms with van der Waals surface area (Å²) in [6.45, 7) is 2.77. The third kappa shape index (κ3) is 5.17. The summed E-state index contributed by atoms with van der Waals surface area (Å²) in [4.78, 5) is 41.7. The Balaban J connectivity index is 1.23. The smallest absolute Gasteiger partial charge is 0.296 e. The number of para-hydroxylation sites is 2. The number of fused-ring (bicyclic) bond motifs is 1. The molecule has 1 unspecified atom stereocenters. The number of rotatable bonds is 8. The quantitative estimate of drug-likeness (QED) is 0.465. The molecule has 39 heavy (non-hydrogen) atoms. The second-order valence-corrected chi connectivity index (χ2v) is 10.6. The van der Waals surface area contributed by atoms with Crippen LogP contribution in [0.5, 0.6) is 0 Å². The normalized spacial score (nSPS) is 23.5. The number of nitrogens with zero attached hydrogens (tertiary/aromatic N) is 6. The highest BCUT2D eigenvalue weighted by atomic mass is 19.3. The summed E-state index contributed by atoms with van der Waals surface area (Å²) in [5.41, 5.74) is 1.01. The molecular weight excluding hydrogens is 508 g/mol. The summed E-state index contributed by atoms with van der Waals surface area (Å²) in [7, 11) is 1.73. The third-order valence-corrected chi connectivity index (χ3v) is 7.88. The number of nitrogens with one attached hydrogen (secondary N) is 1. The summed E-state index contributed by atoms with van der Waals surface area (Å²) in [6, 6.07) is 8.79. The zero-order chi connectivity index (χ0) is 27.1. The number of aromatic nitrogens is 4. The van der Waals surface area contributed by atoms with E-state index in [1.807, 2.05) is 4.90 Å². The molecule has 2 saturated heterocycles. The molecule has 1 N–H and O–H groups in total. The van der Waals surface area contributed by atoms with Crippen molar-refractivity contribution in [3.05, 3.63) is 36.2 Å². The molecule has 1 atom stereocenters. The lowest BCUT2D eigenvalue weighted by Gasteiger charge is -2.36. The molecule has 206 valence electrons. The molecule has 2 aliphatic heterocycles. The van der Waals surface area contributed by atoms with Crippen molar-refractivity contribution in [2.45, 2.75) is 38.2 Å². The SMILES string of the molecule is CN1CC(C(=O)CC2CC(Nc3cc(-n4c(C(F)F)nc5ccccc54)nc(N4CCOCC4)n3)C2)CC1=O. The van der Waals surface area contributed by atoms with Gasteiger partial charge in [-0.05, 0) is 30.9 Å². The fourth-order valence-electron chi connectivity index (χ4n) is 5.71. The van der Waals surface area contributed by atoms with Crippen LogP contribution in [-0.4, -0.2) is 82.0 Å². The van der Waals surface area contributed by atoms with Gasteiger partial charge in [-0.2, -0.15) is 9.97 Å². The van der Waals surface area contributed by atoms with E-state index in [0.717, 1.165) is 12.8 Å². The predicted molar refractivity (Wildman–Crippen MR) is 140 cm³/mol. The van der Waals surface area contributed by atoms with Crippen molar-refractivity contribution in [2.75, 3.05) is 50.1 Å². The topological polar surface area (TPSA) is 105 Å². The molecule has 0 radical (unpaired) electrons. The van der Waals surface area contributed by atoms with Crippen LogP contribution in [0, 0.1) is 11.8 Å². The number of benzene rings is 1. The standard InChI is InChI=1S/C27H31F2N7O3/c1-34-15-17(13-24(34)38)21(37)12-16-10-18(11-16)30-22-14-23(33-27(32-22)35-6-8-39-9-7-35)36-20-5-3-2-4-19(20)31-26(36)25(28)29/h2-5,14,16-18,25H,6-13,15H2,1H3,(H,30,32,33). The van der Waals surface area contributed by atoms with Gasteiger partial charge in [0.25, 0.3) is 6.43 Å². The van der Waals surface area contributed by atoms with E-state index in [1.165, 1.54) is 4.57 Å². The second kappa shape index (κ2) is 10.5. The Morgan fingerprint density at radius 2 is 1.92 bits per heavy atom. The molecule has 1 saturated carbocycles. The van der Waals surface area contributed by atoms with Gasteiger partial charge in [-0.3, -0.25) is 14.2 Å². The van der Waals surface area contributed by atoms with E-state index in [1.54, 1.807) is 42.3 Å². The van der Waals surface area contributed by atoms with Crippen LogP contribution in [0.25, 0.3) is 16.9 Å². The van der Waals surface area contributed by atoms with Gasteiger partial charge in [0.15, 0.2) is 5.82 Å². The zero-order valence-corrected chi connectivity index (χ0v) is 21.7. The number of alkyl halides is 2. The highest BCUT2D eigenvalue weighted by Gasteiger charge is 2.37. The molecule has 3 aliphatic rings. The van der Waals surface area contributed by atoms with Gasteiger partial charge >= 0.3 is 0 Å². The minimum Gasteiger partial charge on any atom is -0.378 e. The van der Waals surface area contributed by atoms with Crippen LogP contribution in [-0.2, 0) is 14.3 Å². The molecular formula is C27H31F2N7O3. The Kier molecular flexibility index (Phi) is 6.88. The maximum absolute atomic E-state index is 14.1. The number of imidazole rings is 1. The minimum atomic E-state index is -2.78. The molecule has 3 fully saturated rings. The van der Waals surface area contributed by atoms with Crippen LogP contribution in [0.1, 0.15) is 37.9 Å². The van der Waals surface area contributed by atoms with E-state index >= 15 is 0 Å². The van der Waals surface area contributed by atoms with E-state index in [4.69, 9.17) is 9.72 Å². The summed E-state index contributed by atoms with van der Waals surface area (Å²) >= 11 is 0. The van der Waals surface area contributed by atoms with E-state index in [9.17, 15) is 18.4 Å². The van der Waals surface area contributed by atoms with Gasteiger partial charge in [0.05, 0.1) is 24.2 Å². The summed E-state index contributed by atoms with van der Waals surface area (Å²) in [6.07, 6.45) is -0.413. The summed E-state index contributed by atoms with van der Waals surface area (Å²) in [5.74, 6) is 1.16. The molecule has 1 aromatic carbocycles. The first-order valence-corrected chi connectivity index (χ1v) is 13.4. The van der Waals surface area contributed by atoms with Crippen LogP contribution >= 0.6 is 0 Å². The fraction of sp³-hybridized carbons (Fsp3) is 0.519. The van der Waals surface area contributed by atoms with Crippen molar-refractivity contribution in [3.63, 3.8) is 0 Å². The number of ether oxygens (including phenoxy) is 1. The third-order valence-electron chi connectivity index (χ3n) is 7.88. The van der Waals surface area contributed by atoms with E-state index in [-0.39, 0.29) is 35.4 Å². The van der Waals surface area contributed by atoms with Gasteiger partial charge < -0.3 is 19.9 Å². The average Bonchev–Trinajstić information content (AvgIpc) is 3.48. The maximum Gasteiger partial charge on any atom is 0.296 e. The number of morpholine rings is 1. The number of carbonyl (C=O) groups is 2. The number of carbonyl (C=O) groups excluding carboxylic acids is 2. The number of hydrogen-bond donors (Lipinski definition) is 1. The molecule has 3 aromatic rings. The van der Waals surface area contributed by atoms with Crippen LogP contribution in [0.3, 0.4) is 0 Å². The lowest BCUT2D eigenvalue weighted by atomic mass is 9.76. The Bertz CT molecular complexity index is 1380. The molecule has 0 spiro atoms. The molecule has 4 heterocycles. The Morgan fingerprint density at radius 1 is 1.15 bits per heavy atom. The van der Waals surface area contributed by atoms with Crippen LogP contribution < -0.4 is 10.2 Å². The lowest BCUT2D eigenvalue weighted by Crippen LogP contribution is -2.39. The van der Waals surface area contributed by atoms with Gasteiger partial charge in [-0.1, -0.05) is 12.1 Å². The second-order valence-electron chi connectivity index (χ2n) is 10.6. The van der Waals surface area contributed by atoms with Crippen LogP contribution in [0.2, 0.25) is 0 Å². The first kappa shape index (κ1) is 25.6. The first-order chi connectivity index (χ1) is 18.9. The van der Waals surface area contributed by atoms with Gasteiger partial charge in [-0.25, -0.2) is 13.8 Å². The summed E-state index contributed by atoms with van der Waals surface area (Å²) in [5, 5.41) is 3.44. The Labute approximate surface area is 224 Å². The molecule has 0 bridgehead atoms. The highest BCUT2D eigenvalue weighted by molar-refractivity contribution is 5.90. The number of hydrogen-bond acceptors (Lipinski definition) is 8. The van der Waals surface area contributed by atoms with Gasteiger partial charge in [0.1, 0.15) is 17.4 Å². The van der Waals surface area contributed by atoms with Crippen molar-refractivity contribution in [3.8, 4) is 5.82 Å². The monoisotopic (exact) mass is 539 g/mol. The molecule has 6 rings (SSSR count).